The van der Waals surface area contributed by atoms with Crippen LogP contribution in [-0.2, 0) is 26.6 Å². The maximum Gasteiger partial charge on any atom is 0.305 e. The summed E-state index contributed by atoms with van der Waals surface area (Å²) in [6, 6.07) is 0. The van der Waals surface area contributed by atoms with E-state index in [0.717, 1.165) is 19.3 Å². The SMILES string of the molecule is CCCCCCCC/C=C\CCCCCCCC(=O)OCCCCCC.[Cu]. The first-order chi connectivity index (χ1) is 12.8. The van der Waals surface area contributed by atoms with Crippen molar-refractivity contribution >= 4 is 5.97 Å². The van der Waals surface area contributed by atoms with Crippen LogP contribution in [-0.4, -0.2) is 12.6 Å². The molecule has 0 aliphatic heterocycles. The summed E-state index contributed by atoms with van der Waals surface area (Å²) in [5, 5.41) is 0. The van der Waals surface area contributed by atoms with Gasteiger partial charge in [-0.15, -0.1) is 0 Å². The zero-order valence-electron chi connectivity index (χ0n) is 18.2. The van der Waals surface area contributed by atoms with E-state index in [2.05, 4.69) is 26.0 Å². The van der Waals surface area contributed by atoms with Crippen molar-refractivity contribution in [2.75, 3.05) is 6.61 Å². The van der Waals surface area contributed by atoms with E-state index in [-0.39, 0.29) is 23.0 Å². The number of allylic oxidation sites excluding steroid dienone is 2. The number of carbonyl (C=O) groups is 1. The van der Waals surface area contributed by atoms with E-state index in [9.17, 15) is 4.79 Å². The van der Waals surface area contributed by atoms with Gasteiger partial charge in [0.1, 0.15) is 0 Å². The molecule has 0 aromatic heterocycles. The van der Waals surface area contributed by atoms with E-state index >= 15 is 0 Å². The van der Waals surface area contributed by atoms with Gasteiger partial charge in [-0.3, -0.25) is 4.79 Å². The van der Waals surface area contributed by atoms with Crippen molar-refractivity contribution in [3.05, 3.63) is 12.2 Å². The van der Waals surface area contributed by atoms with Gasteiger partial charge >= 0.3 is 5.97 Å². The molecule has 0 N–H and O–H groups in total. The van der Waals surface area contributed by atoms with Crippen molar-refractivity contribution in [3.63, 3.8) is 0 Å². The summed E-state index contributed by atoms with van der Waals surface area (Å²) in [4.78, 5) is 11.6. The summed E-state index contributed by atoms with van der Waals surface area (Å²) in [5.41, 5.74) is 0. The molecule has 0 bridgehead atoms. The second-order valence-electron chi connectivity index (χ2n) is 7.62. The Balaban J connectivity index is 0. The maximum atomic E-state index is 11.6. The zero-order valence-corrected chi connectivity index (χ0v) is 19.1. The predicted molar refractivity (Wildman–Crippen MR) is 115 cm³/mol. The minimum Gasteiger partial charge on any atom is -0.466 e. The monoisotopic (exact) mass is 429 g/mol. The Morgan fingerprint density at radius 2 is 1.07 bits per heavy atom. The fourth-order valence-electron chi connectivity index (χ4n) is 3.13. The average Bonchev–Trinajstić information content (AvgIpc) is 2.64. The third-order valence-corrected chi connectivity index (χ3v) is 4.90. The number of hydrogen-bond donors (Lipinski definition) is 0. The number of carbonyl (C=O) groups excluding carboxylic acids is 1. The molecule has 0 saturated carbocycles. The smallest absolute Gasteiger partial charge is 0.305 e. The molecule has 0 unspecified atom stereocenters. The number of unbranched alkanes of at least 4 members (excludes halogenated alkanes) is 14. The van der Waals surface area contributed by atoms with Crippen molar-refractivity contribution in [1.29, 1.82) is 0 Å². The first-order valence-electron chi connectivity index (χ1n) is 11.6. The molecule has 0 aliphatic rings. The molecule has 0 aromatic carbocycles. The zero-order chi connectivity index (χ0) is 19.1. The Hall–Kier alpha value is -0.271. The second-order valence-corrected chi connectivity index (χ2v) is 7.62. The van der Waals surface area contributed by atoms with Crippen LogP contribution in [0.1, 0.15) is 129 Å². The topological polar surface area (TPSA) is 26.3 Å². The number of esters is 1. The predicted octanol–water partition coefficient (Wildman–Crippen LogP) is 8.14. The minimum absolute atomic E-state index is 0. The number of rotatable bonds is 20. The summed E-state index contributed by atoms with van der Waals surface area (Å²) < 4.78 is 5.26. The van der Waals surface area contributed by atoms with E-state index < -0.39 is 0 Å². The second kappa shape index (κ2) is 25.7. The van der Waals surface area contributed by atoms with Crippen LogP contribution in [0.25, 0.3) is 0 Å². The summed E-state index contributed by atoms with van der Waals surface area (Å²) in [6.45, 7) is 5.08. The van der Waals surface area contributed by atoms with Crippen LogP contribution in [0.3, 0.4) is 0 Å². The Kier molecular flexibility index (Phi) is 27.6. The van der Waals surface area contributed by atoms with Gasteiger partial charge in [-0.25, -0.2) is 0 Å². The molecule has 0 atom stereocenters. The van der Waals surface area contributed by atoms with Gasteiger partial charge in [0.05, 0.1) is 6.61 Å². The maximum absolute atomic E-state index is 11.6. The first kappa shape index (κ1) is 28.9. The Labute approximate surface area is 180 Å². The minimum atomic E-state index is -0.000809. The van der Waals surface area contributed by atoms with Crippen molar-refractivity contribution in [2.45, 2.75) is 129 Å². The van der Waals surface area contributed by atoms with Crippen molar-refractivity contribution in [1.82, 2.24) is 0 Å². The number of ether oxygens (including phenoxy) is 1. The van der Waals surface area contributed by atoms with Gasteiger partial charge in [-0.05, 0) is 38.5 Å². The molecule has 3 heteroatoms. The average molecular weight is 430 g/mol. The van der Waals surface area contributed by atoms with Gasteiger partial charge in [-0.1, -0.05) is 96.6 Å². The summed E-state index contributed by atoms with van der Waals surface area (Å²) >= 11 is 0. The van der Waals surface area contributed by atoms with Gasteiger partial charge in [0, 0.05) is 23.5 Å². The third-order valence-electron chi connectivity index (χ3n) is 4.90. The van der Waals surface area contributed by atoms with Gasteiger partial charge in [-0.2, -0.15) is 0 Å². The van der Waals surface area contributed by atoms with Gasteiger partial charge in [0.15, 0.2) is 0 Å². The molecule has 0 amide bonds. The summed E-state index contributed by atoms with van der Waals surface area (Å²) in [6.07, 6.45) is 26.8. The van der Waals surface area contributed by atoms with Crippen LogP contribution < -0.4 is 0 Å². The van der Waals surface area contributed by atoms with Gasteiger partial charge in [0.2, 0.25) is 0 Å². The Bertz CT molecular complexity index is 316. The van der Waals surface area contributed by atoms with E-state index in [1.54, 1.807) is 0 Å². The van der Waals surface area contributed by atoms with Crippen LogP contribution in [0.4, 0.5) is 0 Å². The molecule has 2 nitrogen and oxygen atoms in total. The Morgan fingerprint density at radius 3 is 1.63 bits per heavy atom. The number of hydrogen-bond acceptors (Lipinski definition) is 2. The van der Waals surface area contributed by atoms with E-state index in [1.165, 1.54) is 89.9 Å². The molecular formula is C24H46CuO2. The summed E-state index contributed by atoms with van der Waals surface area (Å²) in [7, 11) is 0. The fraction of sp³-hybridized carbons (Fsp3) is 0.875. The molecule has 1 radical (unpaired) electrons. The van der Waals surface area contributed by atoms with E-state index in [0.29, 0.717) is 13.0 Å². The van der Waals surface area contributed by atoms with Crippen molar-refractivity contribution in [2.24, 2.45) is 0 Å². The fourth-order valence-corrected chi connectivity index (χ4v) is 3.13. The third kappa shape index (κ3) is 25.7. The Morgan fingerprint density at radius 1 is 0.630 bits per heavy atom. The molecule has 0 saturated heterocycles. The molecular weight excluding hydrogens is 384 g/mol. The van der Waals surface area contributed by atoms with E-state index in [4.69, 9.17) is 4.74 Å². The van der Waals surface area contributed by atoms with Crippen LogP contribution in [0.5, 0.6) is 0 Å². The molecule has 27 heavy (non-hydrogen) atoms. The molecule has 0 heterocycles. The molecule has 0 rings (SSSR count). The van der Waals surface area contributed by atoms with Gasteiger partial charge < -0.3 is 4.74 Å². The quantitative estimate of drug-likeness (QED) is 0.0844. The van der Waals surface area contributed by atoms with Gasteiger partial charge in [0.25, 0.3) is 0 Å². The standard InChI is InChI=1S/C24H46O2.Cu/c1-3-5-7-9-10-11-12-13-14-15-16-17-18-19-20-22-24(25)26-23-21-8-6-4-2;/h13-14H,3-12,15-23H2,1-2H3;/b14-13-;. The first-order valence-corrected chi connectivity index (χ1v) is 11.6. The van der Waals surface area contributed by atoms with Crippen LogP contribution in [0.15, 0.2) is 12.2 Å². The van der Waals surface area contributed by atoms with Crippen LogP contribution >= 0.6 is 0 Å². The van der Waals surface area contributed by atoms with Crippen molar-refractivity contribution < 1.29 is 26.6 Å². The van der Waals surface area contributed by atoms with Crippen LogP contribution in [0.2, 0.25) is 0 Å². The molecule has 0 spiro atoms. The summed E-state index contributed by atoms with van der Waals surface area (Å²) in [5.74, 6) is -0.000809. The molecule has 0 aromatic rings. The van der Waals surface area contributed by atoms with Crippen molar-refractivity contribution in [3.8, 4) is 0 Å². The van der Waals surface area contributed by atoms with E-state index in [1.807, 2.05) is 0 Å². The largest absolute Gasteiger partial charge is 0.466 e. The normalized spacial score (nSPS) is 10.9. The van der Waals surface area contributed by atoms with Crippen LogP contribution in [0, 0.1) is 0 Å². The molecule has 0 fully saturated rings. The molecule has 165 valence electrons. The molecule has 0 aliphatic carbocycles.